The van der Waals surface area contributed by atoms with Gasteiger partial charge in [-0.3, -0.25) is 0 Å². The molecule has 17 heavy (non-hydrogen) atoms. The molecule has 1 aliphatic rings. The lowest BCUT2D eigenvalue weighted by molar-refractivity contribution is -0.109. The molecule has 1 aromatic carbocycles. The Morgan fingerprint density at radius 1 is 1.35 bits per heavy atom. The summed E-state index contributed by atoms with van der Waals surface area (Å²) in [7, 11) is 0. The van der Waals surface area contributed by atoms with E-state index >= 15 is 0 Å². The van der Waals surface area contributed by atoms with E-state index in [0.29, 0.717) is 0 Å². The molecule has 2 aromatic rings. The predicted octanol–water partition coefficient (Wildman–Crippen LogP) is 2.85. The average Bonchev–Trinajstić information content (AvgIpc) is 2.82. The zero-order valence-corrected chi connectivity index (χ0v) is 10.3. The Balaban J connectivity index is 2.04. The van der Waals surface area contributed by atoms with Crippen molar-refractivity contribution in [1.29, 1.82) is 0 Å². The van der Waals surface area contributed by atoms with E-state index in [9.17, 15) is 4.79 Å². The van der Waals surface area contributed by atoms with Gasteiger partial charge in [-0.15, -0.1) is 0 Å². The third kappa shape index (κ3) is 1.82. The van der Waals surface area contributed by atoms with Crippen LogP contribution in [0.3, 0.4) is 0 Å². The van der Waals surface area contributed by atoms with Gasteiger partial charge in [0.1, 0.15) is 11.3 Å². The van der Waals surface area contributed by atoms with Gasteiger partial charge in [0, 0.05) is 11.9 Å². The van der Waals surface area contributed by atoms with Gasteiger partial charge in [0.2, 0.25) is 0 Å². The summed E-state index contributed by atoms with van der Waals surface area (Å²) in [6.07, 6.45) is 4.36. The fourth-order valence-electron chi connectivity index (χ4n) is 2.43. The Morgan fingerprint density at radius 3 is 3.12 bits per heavy atom. The van der Waals surface area contributed by atoms with E-state index in [0.717, 1.165) is 42.6 Å². The Morgan fingerprint density at radius 2 is 2.24 bits per heavy atom. The van der Waals surface area contributed by atoms with Crippen molar-refractivity contribution in [3.8, 4) is 0 Å². The monoisotopic (exact) mass is 246 g/mol. The molecule has 0 saturated carbocycles. The number of anilines is 1. The van der Waals surface area contributed by atoms with Crippen LogP contribution in [0.15, 0.2) is 24.3 Å². The minimum atomic E-state index is 0.0348. The van der Waals surface area contributed by atoms with E-state index in [1.54, 1.807) is 0 Å². The molecular weight excluding hydrogens is 232 g/mol. The number of hydrogen-bond donors (Lipinski definition) is 0. The molecule has 1 saturated heterocycles. The first kappa shape index (κ1) is 10.7. The molecule has 0 bridgehead atoms. The summed E-state index contributed by atoms with van der Waals surface area (Å²) in [6.45, 7) is 0.968. The molecule has 1 atom stereocenters. The Bertz CT molecular complexity index is 537. The first-order valence-corrected chi connectivity index (χ1v) is 6.74. The number of nitrogens with zero attached hydrogens (tertiary/aromatic N) is 2. The molecule has 1 fully saturated rings. The van der Waals surface area contributed by atoms with Crippen LogP contribution in [-0.2, 0) is 4.79 Å². The maximum absolute atomic E-state index is 11.1. The number of carbonyl (C=O) groups excluding carboxylic acids is 1. The van der Waals surface area contributed by atoms with E-state index in [2.05, 4.69) is 15.3 Å². The van der Waals surface area contributed by atoms with Gasteiger partial charge in [-0.2, -0.15) is 4.37 Å². The van der Waals surface area contributed by atoms with Gasteiger partial charge in [-0.1, -0.05) is 12.1 Å². The van der Waals surface area contributed by atoms with Crippen LogP contribution in [0.25, 0.3) is 10.9 Å². The Labute approximate surface area is 104 Å². The minimum absolute atomic E-state index is 0.0348. The van der Waals surface area contributed by atoms with Crippen molar-refractivity contribution < 1.29 is 4.79 Å². The molecule has 4 heteroatoms. The highest BCUT2D eigenvalue weighted by atomic mass is 32.1. The highest BCUT2D eigenvalue weighted by molar-refractivity contribution is 7.11. The van der Waals surface area contributed by atoms with Crippen LogP contribution < -0.4 is 4.90 Å². The van der Waals surface area contributed by atoms with Gasteiger partial charge in [-0.05, 0) is 42.9 Å². The van der Waals surface area contributed by atoms with Crippen molar-refractivity contribution in [2.75, 3.05) is 11.4 Å². The first-order valence-electron chi connectivity index (χ1n) is 5.96. The fraction of sp³-hybridized carbons (Fsp3) is 0.385. The van der Waals surface area contributed by atoms with Gasteiger partial charge in [-0.25, -0.2) is 0 Å². The molecule has 0 amide bonds. The van der Waals surface area contributed by atoms with E-state index in [1.165, 1.54) is 16.9 Å². The standard InChI is InChI=1S/C13H14N2OS/c16-9-10-5-3-4-8-15(10)13-11-6-1-2-7-12(11)14-17-13/h1-2,6-7,9-10H,3-5,8H2. The number of aromatic nitrogens is 1. The average molecular weight is 246 g/mol. The van der Waals surface area contributed by atoms with Crippen LogP contribution in [0.2, 0.25) is 0 Å². The lowest BCUT2D eigenvalue weighted by Gasteiger charge is -2.32. The maximum Gasteiger partial charge on any atom is 0.142 e. The summed E-state index contributed by atoms with van der Waals surface area (Å²) in [4.78, 5) is 13.4. The molecule has 1 aromatic heterocycles. The van der Waals surface area contributed by atoms with Crippen molar-refractivity contribution >= 4 is 33.7 Å². The van der Waals surface area contributed by atoms with E-state index < -0.39 is 0 Å². The van der Waals surface area contributed by atoms with Crippen LogP contribution in [-0.4, -0.2) is 23.2 Å². The molecule has 2 heterocycles. The number of hydrogen-bond acceptors (Lipinski definition) is 4. The highest BCUT2D eigenvalue weighted by Gasteiger charge is 2.24. The van der Waals surface area contributed by atoms with Crippen LogP contribution >= 0.6 is 11.5 Å². The first-order chi connectivity index (χ1) is 8.40. The molecule has 3 rings (SSSR count). The zero-order chi connectivity index (χ0) is 11.7. The van der Waals surface area contributed by atoms with Gasteiger partial charge in [0.25, 0.3) is 0 Å². The van der Waals surface area contributed by atoms with Crippen LogP contribution in [0, 0.1) is 0 Å². The molecule has 0 spiro atoms. The third-order valence-corrected chi connectivity index (χ3v) is 4.25. The second-order valence-corrected chi connectivity index (χ2v) is 5.15. The number of benzene rings is 1. The van der Waals surface area contributed by atoms with Crippen molar-refractivity contribution in [1.82, 2.24) is 4.37 Å². The molecule has 1 unspecified atom stereocenters. The molecule has 3 nitrogen and oxygen atoms in total. The lowest BCUT2D eigenvalue weighted by atomic mass is 10.0. The third-order valence-electron chi connectivity index (χ3n) is 3.33. The van der Waals surface area contributed by atoms with E-state index in [1.807, 2.05) is 18.2 Å². The smallest absolute Gasteiger partial charge is 0.142 e. The SMILES string of the molecule is O=CC1CCCCN1c1snc2ccccc12. The molecule has 0 radical (unpaired) electrons. The summed E-state index contributed by atoms with van der Waals surface area (Å²) in [5.41, 5.74) is 1.03. The van der Waals surface area contributed by atoms with Crippen LogP contribution in [0.1, 0.15) is 19.3 Å². The normalized spacial score (nSPS) is 20.7. The largest absolute Gasteiger partial charge is 0.352 e. The van der Waals surface area contributed by atoms with Crippen molar-refractivity contribution in [2.45, 2.75) is 25.3 Å². The summed E-state index contributed by atoms with van der Waals surface area (Å²) in [6, 6.07) is 8.17. The van der Waals surface area contributed by atoms with Crippen molar-refractivity contribution in [3.05, 3.63) is 24.3 Å². The Hall–Kier alpha value is -1.42. The molecule has 88 valence electrons. The van der Waals surface area contributed by atoms with Crippen molar-refractivity contribution in [2.24, 2.45) is 0 Å². The Kier molecular flexibility index (Phi) is 2.81. The van der Waals surface area contributed by atoms with E-state index in [4.69, 9.17) is 0 Å². The van der Waals surface area contributed by atoms with Crippen LogP contribution in [0.5, 0.6) is 0 Å². The fourth-order valence-corrected chi connectivity index (χ4v) is 3.38. The summed E-state index contributed by atoms with van der Waals surface area (Å²) >= 11 is 1.51. The van der Waals surface area contributed by atoms with E-state index in [-0.39, 0.29) is 6.04 Å². The minimum Gasteiger partial charge on any atom is -0.352 e. The number of piperidine rings is 1. The van der Waals surface area contributed by atoms with Crippen molar-refractivity contribution in [3.63, 3.8) is 0 Å². The lowest BCUT2D eigenvalue weighted by Crippen LogP contribution is -2.40. The number of carbonyl (C=O) groups is 1. The number of aldehydes is 1. The second kappa shape index (κ2) is 4.45. The summed E-state index contributed by atoms with van der Waals surface area (Å²) < 4.78 is 4.45. The molecule has 0 N–H and O–H groups in total. The number of rotatable bonds is 2. The molecule has 0 aliphatic carbocycles. The molecule has 1 aliphatic heterocycles. The van der Waals surface area contributed by atoms with Gasteiger partial charge >= 0.3 is 0 Å². The second-order valence-electron chi connectivity index (χ2n) is 4.40. The summed E-state index contributed by atoms with van der Waals surface area (Å²) in [5.74, 6) is 0. The summed E-state index contributed by atoms with van der Waals surface area (Å²) in [5, 5.41) is 2.32. The quantitative estimate of drug-likeness (QED) is 0.764. The maximum atomic E-state index is 11.1. The van der Waals surface area contributed by atoms with Gasteiger partial charge in [0.15, 0.2) is 0 Å². The zero-order valence-electron chi connectivity index (χ0n) is 9.50. The van der Waals surface area contributed by atoms with Crippen LogP contribution in [0.4, 0.5) is 5.00 Å². The highest BCUT2D eigenvalue weighted by Crippen LogP contribution is 2.34. The molecular formula is C13H14N2OS. The topological polar surface area (TPSA) is 33.2 Å². The number of fused-ring (bicyclic) bond motifs is 1. The van der Waals surface area contributed by atoms with Gasteiger partial charge < -0.3 is 9.69 Å². The van der Waals surface area contributed by atoms with Gasteiger partial charge in [0.05, 0.1) is 11.6 Å². The predicted molar refractivity (Wildman–Crippen MR) is 70.7 cm³/mol.